The van der Waals surface area contributed by atoms with E-state index in [4.69, 9.17) is 0 Å². The molecule has 0 radical (unpaired) electrons. The second kappa shape index (κ2) is 7.24. The fourth-order valence-electron chi connectivity index (χ4n) is 2.02. The average Bonchev–Trinajstić information content (AvgIpc) is 2.41. The van der Waals surface area contributed by atoms with Crippen molar-refractivity contribution in [2.24, 2.45) is 0 Å². The maximum atomic E-state index is 12.1. The van der Waals surface area contributed by atoms with E-state index in [1.807, 2.05) is 6.92 Å². The standard InChI is InChI=1S/C13H18F3N3O2/c1-3-8-9(4-2)18-19-11(10(8)12(20)21)17-7-5-6-13(14,15)16/h3-7H2,1-2H3,(H,17,19)(H,20,21). The van der Waals surface area contributed by atoms with Crippen molar-refractivity contribution in [1.29, 1.82) is 0 Å². The van der Waals surface area contributed by atoms with Crippen molar-refractivity contribution in [3.63, 3.8) is 0 Å². The van der Waals surface area contributed by atoms with Crippen LogP contribution in [0.2, 0.25) is 0 Å². The van der Waals surface area contributed by atoms with Gasteiger partial charge in [0, 0.05) is 13.0 Å². The van der Waals surface area contributed by atoms with Crippen LogP contribution >= 0.6 is 0 Å². The number of carboxylic acid groups (broad SMARTS) is 1. The summed E-state index contributed by atoms with van der Waals surface area (Å²) < 4.78 is 36.2. The largest absolute Gasteiger partial charge is 0.478 e. The molecule has 5 nitrogen and oxygen atoms in total. The first-order valence-electron chi connectivity index (χ1n) is 6.72. The number of anilines is 1. The molecule has 21 heavy (non-hydrogen) atoms. The maximum absolute atomic E-state index is 12.1. The highest BCUT2D eigenvalue weighted by molar-refractivity contribution is 5.95. The molecule has 0 atom stereocenters. The summed E-state index contributed by atoms with van der Waals surface area (Å²) in [7, 11) is 0. The van der Waals surface area contributed by atoms with Gasteiger partial charge in [0.15, 0.2) is 5.82 Å². The van der Waals surface area contributed by atoms with Crippen LogP contribution in [-0.4, -0.2) is 34.0 Å². The van der Waals surface area contributed by atoms with E-state index in [1.54, 1.807) is 6.92 Å². The van der Waals surface area contributed by atoms with Crippen LogP contribution in [0.15, 0.2) is 0 Å². The lowest BCUT2D eigenvalue weighted by molar-refractivity contribution is -0.134. The molecular weight excluding hydrogens is 287 g/mol. The third-order valence-corrected chi connectivity index (χ3v) is 2.99. The van der Waals surface area contributed by atoms with Crippen molar-refractivity contribution < 1.29 is 23.1 Å². The molecule has 1 heterocycles. The Morgan fingerprint density at radius 1 is 1.24 bits per heavy atom. The Kier molecular flexibility index (Phi) is 5.92. The fourth-order valence-corrected chi connectivity index (χ4v) is 2.02. The van der Waals surface area contributed by atoms with Gasteiger partial charge in [-0.3, -0.25) is 0 Å². The van der Waals surface area contributed by atoms with Gasteiger partial charge < -0.3 is 10.4 Å². The Morgan fingerprint density at radius 3 is 2.38 bits per heavy atom. The first kappa shape index (κ1) is 17.2. The van der Waals surface area contributed by atoms with E-state index in [2.05, 4.69) is 15.5 Å². The number of carboxylic acids is 1. The van der Waals surface area contributed by atoms with Crippen LogP contribution in [0.1, 0.15) is 48.3 Å². The van der Waals surface area contributed by atoms with Gasteiger partial charge in [-0.25, -0.2) is 4.79 Å². The molecule has 0 fully saturated rings. The van der Waals surface area contributed by atoms with Gasteiger partial charge in [-0.05, 0) is 24.8 Å². The normalized spacial score (nSPS) is 11.5. The molecule has 2 N–H and O–H groups in total. The minimum Gasteiger partial charge on any atom is -0.478 e. The number of rotatable bonds is 7. The number of aryl methyl sites for hydroxylation is 1. The maximum Gasteiger partial charge on any atom is 0.389 e. The minimum atomic E-state index is -4.22. The van der Waals surface area contributed by atoms with E-state index in [1.165, 1.54) is 0 Å². The number of aromatic carboxylic acids is 1. The molecule has 0 bridgehead atoms. The van der Waals surface area contributed by atoms with E-state index in [0.717, 1.165) is 0 Å². The molecule has 0 aromatic carbocycles. The van der Waals surface area contributed by atoms with Gasteiger partial charge >= 0.3 is 12.1 Å². The molecule has 0 saturated heterocycles. The first-order valence-corrected chi connectivity index (χ1v) is 6.72. The first-order chi connectivity index (χ1) is 9.80. The van der Waals surface area contributed by atoms with Crippen LogP contribution < -0.4 is 5.32 Å². The number of hydrogen-bond acceptors (Lipinski definition) is 4. The molecule has 0 unspecified atom stereocenters. The Hall–Kier alpha value is -1.86. The van der Waals surface area contributed by atoms with Gasteiger partial charge in [0.25, 0.3) is 0 Å². The molecule has 1 aromatic rings. The number of hydrogen-bond donors (Lipinski definition) is 2. The summed E-state index contributed by atoms with van der Waals surface area (Å²) in [6.07, 6.45) is -4.28. The van der Waals surface area contributed by atoms with Gasteiger partial charge in [-0.15, -0.1) is 5.10 Å². The minimum absolute atomic E-state index is 0.00337. The second-order valence-corrected chi connectivity index (χ2v) is 4.51. The van der Waals surface area contributed by atoms with E-state index in [-0.39, 0.29) is 24.3 Å². The predicted octanol–water partition coefficient (Wildman–Crippen LogP) is 3.05. The van der Waals surface area contributed by atoms with Crippen molar-refractivity contribution in [2.75, 3.05) is 11.9 Å². The number of aromatic nitrogens is 2. The summed E-state index contributed by atoms with van der Waals surface area (Å²) in [4.78, 5) is 11.4. The molecule has 1 rings (SSSR count). The number of halogens is 3. The van der Waals surface area contributed by atoms with Crippen molar-refractivity contribution in [2.45, 2.75) is 45.7 Å². The Bertz CT molecular complexity index is 504. The summed E-state index contributed by atoms with van der Waals surface area (Å²) in [5, 5.41) is 19.7. The summed E-state index contributed by atoms with van der Waals surface area (Å²) >= 11 is 0. The quantitative estimate of drug-likeness (QED) is 0.757. The van der Waals surface area contributed by atoms with Crippen molar-refractivity contribution in [3.8, 4) is 0 Å². The number of carbonyl (C=O) groups is 1. The predicted molar refractivity (Wildman–Crippen MR) is 71.5 cm³/mol. The smallest absolute Gasteiger partial charge is 0.389 e. The lowest BCUT2D eigenvalue weighted by Gasteiger charge is -2.14. The fraction of sp³-hybridized carbons (Fsp3) is 0.615. The van der Waals surface area contributed by atoms with E-state index in [9.17, 15) is 23.1 Å². The summed E-state index contributed by atoms with van der Waals surface area (Å²) in [5.41, 5.74) is 1.16. The van der Waals surface area contributed by atoms with Crippen LogP contribution in [0, 0.1) is 0 Å². The van der Waals surface area contributed by atoms with Gasteiger partial charge in [0.05, 0.1) is 5.69 Å². The molecule has 0 saturated carbocycles. The summed E-state index contributed by atoms with van der Waals surface area (Å²) in [6.45, 7) is 3.63. The monoisotopic (exact) mass is 305 g/mol. The third-order valence-electron chi connectivity index (χ3n) is 2.99. The molecule has 0 aliphatic rings. The zero-order valence-electron chi connectivity index (χ0n) is 11.9. The third kappa shape index (κ3) is 4.87. The lowest BCUT2D eigenvalue weighted by Crippen LogP contribution is -2.17. The average molecular weight is 305 g/mol. The Morgan fingerprint density at radius 2 is 1.90 bits per heavy atom. The van der Waals surface area contributed by atoms with Crippen LogP contribution in [0.3, 0.4) is 0 Å². The highest BCUT2D eigenvalue weighted by Crippen LogP contribution is 2.23. The zero-order valence-corrected chi connectivity index (χ0v) is 11.9. The van der Waals surface area contributed by atoms with Gasteiger partial charge in [-0.1, -0.05) is 13.8 Å². The van der Waals surface area contributed by atoms with Gasteiger partial charge in [0.2, 0.25) is 0 Å². The van der Waals surface area contributed by atoms with Crippen LogP contribution in [0.5, 0.6) is 0 Å². The molecule has 0 amide bonds. The Balaban J connectivity index is 2.89. The topological polar surface area (TPSA) is 75.1 Å². The molecular formula is C13H18F3N3O2. The zero-order chi connectivity index (χ0) is 16.0. The van der Waals surface area contributed by atoms with E-state index < -0.39 is 18.6 Å². The second-order valence-electron chi connectivity index (χ2n) is 4.51. The molecule has 0 spiro atoms. The van der Waals surface area contributed by atoms with Crippen molar-refractivity contribution in [3.05, 3.63) is 16.8 Å². The molecule has 0 aliphatic heterocycles. The molecule has 8 heteroatoms. The molecule has 118 valence electrons. The highest BCUT2D eigenvalue weighted by Gasteiger charge is 2.26. The summed E-state index contributed by atoms with van der Waals surface area (Å²) in [5.74, 6) is -1.13. The number of nitrogens with zero attached hydrogens (tertiary/aromatic N) is 2. The highest BCUT2D eigenvalue weighted by atomic mass is 19.4. The van der Waals surface area contributed by atoms with Gasteiger partial charge in [-0.2, -0.15) is 18.3 Å². The van der Waals surface area contributed by atoms with Crippen LogP contribution in [0.25, 0.3) is 0 Å². The van der Waals surface area contributed by atoms with Gasteiger partial charge in [0.1, 0.15) is 5.56 Å². The van der Waals surface area contributed by atoms with Crippen LogP contribution in [0.4, 0.5) is 19.0 Å². The van der Waals surface area contributed by atoms with Crippen LogP contribution in [-0.2, 0) is 12.8 Å². The van der Waals surface area contributed by atoms with E-state index in [0.29, 0.717) is 24.1 Å². The molecule has 1 aromatic heterocycles. The number of nitrogens with one attached hydrogen (secondary N) is 1. The number of alkyl halides is 3. The van der Waals surface area contributed by atoms with Crippen molar-refractivity contribution >= 4 is 11.8 Å². The van der Waals surface area contributed by atoms with Crippen molar-refractivity contribution in [1.82, 2.24) is 10.2 Å². The van der Waals surface area contributed by atoms with E-state index >= 15 is 0 Å². The lowest BCUT2D eigenvalue weighted by atomic mass is 10.0. The molecule has 0 aliphatic carbocycles. The SMILES string of the molecule is CCc1nnc(NCCCC(F)(F)F)c(C(=O)O)c1CC. The summed E-state index contributed by atoms with van der Waals surface area (Å²) in [6, 6.07) is 0. The Labute approximate surface area is 120 Å².